The van der Waals surface area contributed by atoms with Crippen LogP contribution in [0.15, 0.2) is 30.3 Å². The molecule has 2 aliphatic heterocycles. The maximum Gasteiger partial charge on any atom is 0.119 e. The zero-order valence-electron chi connectivity index (χ0n) is 10.8. The fourth-order valence-electron chi connectivity index (χ4n) is 3.12. The average molecular weight is 246 g/mol. The summed E-state index contributed by atoms with van der Waals surface area (Å²) in [4.78, 5) is 2.58. The van der Waals surface area contributed by atoms with Crippen molar-refractivity contribution in [2.45, 2.75) is 18.9 Å². The number of fused-ring (bicyclic) bond motifs is 1. The van der Waals surface area contributed by atoms with Crippen molar-refractivity contribution >= 4 is 0 Å². The summed E-state index contributed by atoms with van der Waals surface area (Å²) in [6.07, 6.45) is 2.48. The first-order valence-electron chi connectivity index (χ1n) is 7.05. The molecule has 3 nitrogen and oxygen atoms in total. The molecule has 1 N–H and O–H groups in total. The molecule has 0 radical (unpaired) electrons. The lowest BCUT2D eigenvalue weighted by Gasteiger charge is -2.16. The summed E-state index contributed by atoms with van der Waals surface area (Å²) in [7, 11) is 0. The molecule has 18 heavy (non-hydrogen) atoms. The molecular weight excluding hydrogens is 224 g/mol. The first kappa shape index (κ1) is 12.0. The van der Waals surface area contributed by atoms with Crippen LogP contribution >= 0.6 is 0 Å². The first-order valence-corrected chi connectivity index (χ1v) is 7.05. The maximum atomic E-state index is 5.72. The van der Waals surface area contributed by atoms with Gasteiger partial charge in [0.2, 0.25) is 0 Å². The molecule has 0 aliphatic carbocycles. The third-order valence-corrected chi connectivity index (χ3v) is 4.07. The lowest BCUT2D eigenvalue weighted by Crippen LogP contribution is -2.31. The van der Waals surface area contributed by atoms with E-state index in [4.69, 9.17) is 4.74 Å². The number of rotatable bonds is 5. The molecule has 2 atom stereocenters. The van der Waals surface area contributed by atoms with Gasteiger partial charge in [0.25, 0.3) is 0 Å². The molecular formula is C15H22N2O. The molecule has 0 aromatic heterocycles. The van der Waals surface area contributed by atoms with Crippen molar-refractivity contribution in [3.05, 3.63) is 30.3 Å². The Labute approximate surface area is 109 Å². The van der Waals surface area contributed by atoms with E-state index in [1.807, 2.05) is 30.3 Å². The molecule has 98 valence electrons. The summed E-state index contributed by atoms with van der Waals surface area (Å²) in [6.45, 7) is 5.73. The summed E-state index contributed by atoms with van der Waals surface area (Å²) in [5, 5.41) is 3.59. The van der Waals surface area contributed by atoms with E-state index in [1.54, 1.807) is 0 Å². The Hall–Kier alpha value is -1.06. The molecule has 2 fully saturated rings. The second-order valence-electron chi connectivity index (χ2n) is 5.38. The van der Waals surface area contributed by atoms with Crippen molar-refractivity contribution in [2.24, 2.45) is 5.92 Å². The molecule has 1 aromatic rings. The number of ether oxygens (including phenoxy) is 1. The fraction of sp³-hybridized carbons (Fsp3) is 0.600. The van der Waals surface area contributed by atoms with Gasteiger partial charge < -0.3 is 15.0 Å². The van der Waals surface area contributed by atoms with Gasteiger partial charge in [-0.2, -0.15) is 0 Å². The Morgan fingerprint density at radius 3 is 2.94 bits per heavy atom. The van der Waals surface area contributed by atoms with Crippen LogP contribution in [0.5, 0.6) is 5.75 Å². The molecule has 2 saturated heterocycles. The number of likely N-dealkylation sites (tertiary alicyclic amines) is 1. The van der Waals surface area contributed by atoms with Gasteiger partial charge in [-0.3, -0.25) is 0 Å². The number of hydrogen-bond donors (Lipinski definition) is 1. The molecule has 3 heteroatoms. The van der Waals surface area contributed by atoms with E-state index in [1.165, 1.54) is 32.6 Å². The van der Waals surface area contributed by atoms with Crippen molar-refractivity contribution in [1.29, 1.82) is 0 Å². The highest BCUT2D eigenvalue weighted by atomic mass is 16.5. The molecule has 2 aliphatic rings. The molecule has 0 saturated carbocycles. The van der Waals surface area contributed by atoms with Gasteiger partial charge in [-0.05, 0) is 37.4 Å². The maximum absolute atomic E-state index is 5.72. The smallest absolute Gasteiger partial charge is 0.119 e. The Morgan fingerprint density at radius 2 is 2.11 bits per heavy atom. The van der Waals surface area contributed by atoms with Crippen molar-refractivity contribution in [1.82, 2.24) is 10.2 Å². The molecule has 3 rings (SSSR count). The van der Waals surface area contributed by atoms with Crippen LogP contribution < -0.4 is 10.1 Å². The van der Waals surface area contributed by atoms with E-state index in [2.05, 4.69) is 10.2 Å². The minimum Gasteiger partial charge on any atom is -0.494 e. The average Bonchev–Trinajstić information content (AvgIpc) is 2.96. The van der Waals surface area contributed by atoms with Crippen LogP contribution in [0.25, 0.3) is 0 Å². The van der Waals surface area contributed by atoms with Gasteiger partial charge in [-0.15, -0.1) is 0 Å². The van der Waals surface area contributed by atoms with Crippen LogP contribution in [-0.2, 0) is 0 Å². The second-order valence-corrected chi connectivity index (χ2v) is 5.38. The molecule has 0 unspecified atom stereocenters. The third-order valence-electron chi connectivity index (χ3n) is 4.07. The number of hydrogen-bond acceptors (Lipinski definition) is 3. The third kappa shape index (κ3) is 2.85. The summed E-state index contributed by atoms with van der Waals surface area (Å²) in [5.41, 5.74) is 0. The summed E-state index contributed by atoms with van der Waals surface area (Å²) in [5.74, 6) is 1.89. The predicted molar refractivity (Wildman–Crippen MR) is 72.9 cm³/mol. The zero-order chi connectivity index (χ0) is 12.2. The number of nitrogens with zero attached hydrogens (tertiary/aromatic N) is 1. The predicted octanol–water partition coefficient (Wildman–Crippen LogP) is 1.75. The van der Waals surface area contributed by atoms with Crippen molar-refractivity contribution in [2.75, 3.05) is 32.8 Å². The Morgan fingerprint density at radius 1 is 1.22 bits per heavy atom. The van der Waals surface area contributed by atoms with Crippen molar-refractivity contribution in [3.63, 3.8) is 0 Å². The second kappa shape index (κ2) is 5.72. The lowest BCUT2D eigenvalue weighted by atomic mass is 10.1. The van der Waals surface area contributed by atoms with Gasteiger partial charge in [0.05, 0.1) is 6.61 Å². The zero-order valence-corrected chi connectivity index (χ0v) is 10.8. The highest BCUT2D eigenvalue weighted by Crippen LogP contribution is 2.24. The minimum absolute atomic E-state index is 0.764. The largest absolute Gasteiger partial charge is 0.494 e. The Kier molecular flexibility index (Phi) is 3.81. The van der Waals surface area contributed by atoms with Gasteiger partial charge in [-0.1, -0.05) is 18.2 Å². The van der Waals surface area contributed by atoms with E-state index in [9.17, 15) is 0 Å². The van der Waals surface area contributed by atoms with Crippen molar-refractivity contribution in [3.8, 4) is 5.75 Å². The van der Waals surface area contributed by atoms with E-state index in [0.29, 0.717) is 0 Å². The first-order chi connectivity index (χ1) is 8.92. The van der Waals surface area contributed by atoms with Gasteiger partial charge in [-0.25, -0.2) is 0 Å². The molecule has 0 amide bonds. The highest BCUT2D eigenvalue weighted by molar-refractivity contribution is 5.20. The molecule has 0 spiro atoms. The molecule has 0 bridgehead atoms. The van der Waals surface area contributed by atoms with Gasteiger partial charge in [0.15, 0.2) is 0 Å². The summed E-state index contributed by atoms with van der Waals surface area (Å²) < 4.78 is 5.72. The quantitative estimate of drug-likeness (QED) is 0.801. The standard InChI is InChI=1S/C15H22N2O/c1-2-5-14(6-3-1)18-10-4-9-17-11-13-7-8-16-15(13)12-17/h1-3,5-6,13,15-16H,4,7-12H2/t13-,15+/m0/s1. The topological polar surface area (TPSA) is 24.5 Å². The van der Waals surface area contributed by atoms with Crippen LogP contribution in [0.1, 0.15) is 12.8 Å². The number of benzene rings is 1. The van der Waals surface area contributed by atoms with Crippen LogP contribution in [0.4, 0.5) is 0 Å². The minimum atomic E-state index is 0.764. The van der Waals surface area contributed by atoms with E-state index in [0.717, 1.165) is 30.7 Å². The van der Waals surface area contributed by atoms with E-state index in [-0.39, 0.29) is 0 Å². The molecule has 2 heterocycles. The summed E-state index contributed by atoms with van der Waals surface area (Å²) in [6, 6.07) is 10.8. The molecule has 1 aromatic carbocycles. The fourth-order valence-corrected chi connectivity index (χ4v) is 3.12. The lowest BCUT2D eigenvalue weighted by molar-refractivity contribution is 0.254. The van der Waals surface area contributed by atoms with Gasteiger partial charge in [0, 0.05) is 25.7 Å². The van der Waals surface area contributed by atoms with Crippen LogP contribution in [0.2, 0.25) is 0 Å². The Bertz CT molecular complexity index is 356. The number of nitrogens with one attached hydrogen (secondary N) is 1. The number of para-hydroxylation sites is 1. The summed E-state index contributed by atoms with van der Waals surface area (Å²) >= 11 is 0. The van der Waals surface area contributed by atoms with Crippen LogP contribution in [-0.4, -0.2) is 43.7 Å². The highest BCUT2D eigenvalue weighted by Gasteiger charge is 2.35. The Balaban J connectivity index is 1.34. The SMILES string of the molecule is c1ccc(OCCCN2C[C@@H]3CCN[C@@H]3C2)cc1. The van der Waals surface area contributed by atoms with Gasteiger partial charge in [0.1, 0.15) is 5.75 Å². The van der Waals surface area contributed by atoms with E-state index >= 15 is 0 Å². The van der Waals surface area contributed by atoms with Gasteiger partial charge >= 0.3 is 0 Å². The van der Waals surface area contributed by atoms with Crippen molar-refractivity contribution < 1.29 is 4.74 Å². The normalized spacial score (nSPS) is 27.3. The monoisotopic (exact) mass is 246 g/mol. The van der Waals surface area contributed by atoms with E-state index < -0.39 is 0 Å². The van der Waals surface area contributed by atoms with Crippen LogP contribution in [0.3, 0.4) is 0 Å². The van der Waals surface area contributed by atoms with Crippen LogP contribution in [0, 0.1) is 5.92 Å².